The third-order valence-corrected chi connectivity index (χ3v) is 4.54. The molecule has 0 radical (unpaired) electrons. The van der Waals surface area contributed by atoms with Crippen LogP contribution in [0.3, 0.4) is 0 Å². The molecule has 2 rings (SSSR count). The molecule has 2 nitrogen and oxygen atoms in total. The van der Waals surface area contributed by atoms with Crippen LogP contribution in [0.4, 0.5) is 0 Å². The van der Waals surface area contributed by atoms with Gasteiger partial charge < -0.3 is 10.5 Å². The first-order valence-electron chi connectivity index (χ1n) is 7.16. The van der Waals surface area contributed by atoms with Crippen molar-refractivity contribution >= 4 is 11.3 Å². The van der Waals surface area contributed by atoms with Crippen LogP contribution in [0.5, 0.6) is 0 Å². The molecular weight excluding hydrogens is 242 g/mol. The van der Waals surface area contributed by atoms with E-state index in [1.54, 1.807) is 11.3 Å². The van der Waals surface area contributed by atoms with Gasteiger partial charge in [0.15, 0.2) is 0 Å². The first-order chi connectivity index (χ1) is 8.77. The highest BCUT2D eigenvalue weighted by atomic mass is 32.1. The van der Waals surface area contributed by atoms with Crippen molar-refractivity contribution in [2.75, 3.05) is 6.61 Å². The van der Waals surface area contributed by atoms with Crippen LogP contribution in [0.2, 0.25) is 0 Å². The molecule has 0 bridgehead atoms. The molecule has 2 atom stereocenters. The van der Waals surface area contributed by atoms with Gasteiger partial charge in [-0.15, -0.1) is 0 Å². The summed E-state index contributed by atoms with van der Waals surface area (Å²) in [5.41, 5.74) is 7.29. The molecule has 18 heavy (non-hydrogen) atoms. The number of nitrogens with two attached hydrogens (primary N) is 1. The molecule has 0 spiro atoms. The Labute approximate surface area is 115 Å². The second-order valence-electron chi connectivity index (χ2n) is 5.53. The van der Waals surface area contributed by atoms with Gasteiger partial charge in [0.05, 0.1) is 12.7 Å². The molecule has 1 fully saturated rings. The molecule has 1 aliphatic carbocycles. The van der Waals surface area contributed by atoms with Crippen LogP contribution in [0.15, 0.2) is 16.8 Å². The summed E-state index contributed by atoms with van der Waals surface area (Å²) >= 11 is 1.71. The van der Waals surface area contributed by atoms with E-state index >= 15 is 0 Å². The first-order valence-corrected chi connectivity index (χ1v) is 8.11. The third-order valence-electron chi connectivity index (χ3n) is 3.84. The van der Waals surface area contributed by atoms with E-state index in [1.165, 1.54) is 44.1 Å². The fraction of sp³-hybridized carbons (Fsp3) is 0.733. The van der Waals surface area contributed by atoms with Crippen molar-refractivity contribution in [1.29, 1.82) is 0 Å². The average molecular weight is 267 g/mol. The van der Waals surface area contributed by atoms with Crippen LogP contribution in [0, 0.1) is 5.92 Å². The Kier molecular flexibility index (Phi) is 5.67. The molecule has 1 heterocycles. The predicted molar refractivity (Wildman–Crippen MR) is 77.9 cm³/mol. The van der Waals surface area contributed by atoms with Crippen LogP contribution in [-0.2, 0) is 4.74 Å². The van der Waals surface area contributed by atoms with E-state index in [-0.39, 0.29) is 12.1 Å². The lowest BCUT2D eigenvalue weighted by Crippen LogP contribution is -2.28. The first kappa shape index (κ1) is 14.0. The van der Waals surface area contributed by atoms with Gasteiger partial charge in [-0.2, -0.15) is 11.3 Å². The summed E-state index contributed by atoms with van der Waals surface area (Å²) in [5.74, 6) is 0.743. The number of ether oxygens (including phenoxy) is 1. The van der Waals surface area contributed by atoms with Gasteiger partial charge in [-0.3, -0.25) is 0 Å². The van der Waals surface area contributed by atoms with Crippen LogP contribution < -0.4 is 5.73 Å². The Morgan fingerprint density at radius 2 is 2.06 bits per heavy atom. The summed E-state index contributed by atoms with van der Waals surface area (Å²) in [6.07, 6.45) is 8.27. The Morgan fingerprint density at radius 1 is 1.33 bits per heavy atom. The molecule has 1 aromatic heterocycles. The van der Waals surface area contributed by atoms with Gasteiger partial charge in [0.1, 0.15) is 0 Å². The van der Waals surface area contributed by atoms with Gasteiger partial charge in [0.2, 0.25) is 0 Å². The summed E-state index contributed by atoms with van der Waals surface area (Å²) in [5, 5.41) is 4.25. The lowest BCUT2D eigenvalue weighted by molar-refractivity contribution is 0.0129. The second-order valence-corrected chi connectivity index (χ2v) is 6.31. The molecule has 1 aromatic rings. The average Bonchev–Trinajstić information content (AvgIpc) is 2.73. The fourth-order valence-corrected chi connectivity index (χ4v) is 3.44. The monoisotopic (exact) mass is 267 g/mol. The molecule has 0 saturated heterocycles. The van der Waals surface area contributed by atoms with E-state index in [4.69, 9.17) is 10.5 Å². The maximum absolute atomic E-state index is 6.12. The van der Waals surface area contributed by atoms with E-state index < -0.39 is 0 Å². The Bertz CT molecular complexity index is 315. The number of hydrogen-bond acceptors (Lipinski definition) is 3. The quantitative estimate of drug-likeness (QED) is 0.814. The molecule has 0 aromatic carbocycles. The van der Waals surface area contributed by atoms with Gasteiger partial charge in [-0.05, 0) is 48.1 Å². The van der Waals surface area contributed by atoms with Crippen molar-refractivity contribution in [3.63, 3.8) is 0 Å². The molecule has 1 aliphatic rings. The molecule has 0 aliphatic heterocycles. The molecule has 0 amide bonds. The van der Waals surface area contributed by atoms with Crippen molar-refractivity contribution in [3.05, 3.63) is 22.4 Å². The standard InChI is InChI=1S/C15H25NOS/c1-12(16)15(14-8-9-18-11-14)17-10-13-6-4-2-3-5-7-13/h8-9,11-13,15H,2-7,10,16H2,1H3. The Morgan fingerprint density at radius 3 is 2.61 bits per heavy atom. The van der Waals surface area contributed by atoms with Gasteiger partial charge in [0.25, 0.3) is 0 Å². The summed E-state index contributed by atoms with van der Waals surface area (Å²) in [6, 6.07) is 2.19. The topological polar surface area (TPSA) is 35.2 Å². The Hall–Kier alpha value is -0.380. The van der Waals surface area contributed by atoms with E-state index in [0.29, 0.717) is 0 Å². The van der Waals surface area contributed by atoms with Crippen molar-refractivity contribution < 1.29 is 4.74 Å². The van der Waals surface area contributed by atoms with Gasteiger partial charge in [-0.1, -0.05) is 25.7 Å². The minimum atomic E-state index is 0.0605. The smallest absolute Gasteiger partial charge is 0.0981 e. The maximum atomic E-state index is 6.12. The second kappa shape index (κ2) is 7.27. The van der Waals surface area contributed by atoms with Crippen molar-refractivity contribution in [3.8, 4) is 0 Å². The third kappa shape index (κ3) is 4.08. The van der Waals surface area contributed by atoms with Crippen LogP contribution in [0.1, 0.15) is 57.1 Å². The predicted octanol–water partition coefficient (Wildman–Crippen LogP) is 4.12. The number of thiophene rings is 1. The van der Waals surface area contributed by atoms with Gasteiger partial charge in [-0.25, -0.2) is 0 Å². The summed E-state index contributed by atoms with van der Waals surface area (Å²) in [4.78, 5) is 0. The molecule has 2 unspecified atom stereocenters. The molecule has 102 valence electrons. The van der Waals surface area contributed by atoms with Gasteiger partial charge >= 0.3 is 0 Å². The largest absolute Gasteiger partial charge is 0.372 e. The molecule has 2 N–H and O–H groups in total. The zero-order valence-electron chi connectivity index (χ0n) is 11.3. The van der Waals surface area contributed by atoms with Crippen LogP contribution in [-0.4, -0.2) is 12.6 Å². The summed E-state index contributed by atoms with van der Waals surface area (Å²) < 4.78 is 6.12. The highest BCUT2D eigenvalue weighted by Gasteiger charge is 2.20. The zero-order chi connectivity index (χ0) is 12.8. The Balaban J connectivity index is 1.85. The number of rotatable bonds is 5. The van der Waals surface area contributed by atoms with E-state index in [2.05, 4.69) is 16.8 Å². The molecule has 3 heteroatoms. The van der Waals surface area contributed by atoms with Crippen LogP contribution >= 0.6 is 11.3 Å². The van der Waals surface area contributed by atoms with Gasteiger partial charge in [0, 0.05) is 6.04 Å². The lowest BCUT2D eigenvalue weighted by atomic mass is 10.0. The summed E-state index contributed by atoms with van der Waals surface area (Å²) in [7, 11) is 0. The van der Waals surface area contributed by atoms with E-state index in [0.717, 1.165) is 12.5 Å². The van der Waals surface area contributed by atoms with Crippen molar-refractivity contribution in [1.82, 2.24) is 0 Å². The zero-order valence-corrected chi connectivity index (χ0v) is 12.1. The SMILES string of the molecule is CC(N)C(OCC1CCCCCC1)c1ccsc1. The minimum absolute atomic E-state index is 0.0605. The maximum Gasteiger partial charge on any atom is 0.0981 e. The fourth-order valence-electron chi connectivity index (χ4n) is 2.76. The molecule has 1 saturated carbocycles. The van der Waals surface area contributed by atoms with Crippen LogP contribution in [0.25, 0.3) is 0 Å². The van der Waals surface area contributed by atoms with Crippen molar-refractivity contribution in [2.24, 2.45) is 11.7 Å². The minimum Gasteiger partial charge on any atom is -0.372 e. The molecular formula is C15H25NOS. The number of hydrogen-bond donors (Lipinski definition) is 1. The lowest BCUT2D eigenvalue weighted by Gasteiger charge is -2.23. The normalized spacial score (nSPS) is 21.4. The highest BCUT2D eigenvalue weighted by Crippen LogP contribution is 2.27. The highest BCUT2D eigenvalue weighted by molar-refractivity contribution is 7.07. The summed E-state index contributed by atoms with van der Waals surface area (Å²) in [6.45, 7) is 2.91. The van der Waals surface area contributed by atoms with E-state index in [1.807, 2.05) is 6.92 Å². The van der Waals surface area contributed by atoms with Crippen molar-refractivity contribution in [2.45, 2.75) is 57.6 Å². The van der Waals surface area contributed by atoms with E-state index in [9.17, 15) is 0 Å².